The quantitative estimate of drug-likeness (QED) is 0.682. The molecule has 1 heterocycles. The Labute approximate surface area is 73.1 Å². The fourth-order valence-corrected chi connectivity index (χ4v) is 1.12. The standard InChI is InChI=1S/C10H14N2/c1-2-3-10(11)8-9-4-6-12-7-5-9/h2,4-7,10H,1,3,8,11H2. The zero-order chi connectivity index (χ0) is 8.81. The van der Waals surface area contributed by atoms with E-state index >= 15 is 0 Å². The average Bonchev–Trinajstić information content (AvgIpc) is 2.06. The van der Waals surface area contributed by atoms with Crippen LogP contribution in [0.15, 0.2) is 37.2 Å². The lowest BCUT2D eigenvalue weighted by Gasteiger charge is -2.07. The van der Waals surface area contributed by atoms with Gasteiger partial charge in [-0.3, -0.25) is 4.98 Å². The number of rotatable bonds is 4. The number of hydrogen-bond donors (Lipinski definition) is 1. The van der Waals surface area contributed by atoms with Crippen LogP contribution < -0.4 is 5.73 Å². The molecule has 0 radical (unpaired) electrons. The van der Waals surface area contributed by atoms with Gasteiger partial charge in [-0.15, -0.1) is 6.58 Å². The Hall–Kier alpha value is -1.15. The molecule has 12 heavy (non-hydrogen) atoms. The third kappa shape index (κ3) is 2.84. The van der Waals surface area contributed by atoms with E-state index < -0.39 is 0 Å². The van der Waals surface area contributed by atoms with Crippen molar-refractivity contribution in [2.24, 2.45) is 5.73 Å². The van der Waals surface area contributed by atoms with Crippen molar-refractivity contribution >= 4 is 0 Å². The SMILES string of the molecule is C=CCC(N)Cc1ccncc1. The lowest BCUT2D eigenvalue weighted by Crippen LogP contribution is -2.21. The van der Waals surface area contributed by atoms with Crippen molar-refractivity contribution in [3.63, 3.8) is 0 Å². The molecule has 0 amide bonds. The van der Waals surface area contributed by atoms with Gasteiger partial charge in [0.25, 0.3) is 0 Å². The largest absolute Gasteiger partial charge is 0.327 e. The summed E-state index contributed by atoms with van der Waals surface area (Å²) in [5, 5.41) is 0. The topological polar surface area (TPSA) is 38.9 Å². The molecule has 1 atom stereocenters. The van der Waals surface area contributed by atoms with E-state index in [1.54, 1.807) is 12.4 Å². The van der Waals surface area contributed by atoms with Crippen molar-refractivity contribution in [3.05, 3.63) is 42.7 Å². The summed E-state index contributed by atoms with van der Waals surface area (Å²) in [6, 6.07) is 4.16. The van der Waals surface area contributed by atoms with Crippen LogP contribution in [0.5, 0.6) is 0 Å². The first-order chi connectivity index (χ1) is 5.83. The van der Waals surface area contributed by atoms with Crippen molar-refractivity contribution in [1.82, 2.24) is 4.98 Å². The zero-order valence-electron chi connectivity index (χ0n) is 7.11. The summed E-state index contributed by atoms with van der Waals surface area (Å²) in [5.74, 6) is 0. The molecule has 0 saturated heterocycles. The van der Waals surface area contributed by atoms with E-state index in [0.29, 0.717) is 0 Å². The van der Waals surface area contributed by atoms with E-state index in [4.69, 9.17) is 5.73 Å². The molecule has 0 bridgehead atoms. The second kappa shape index (κ2) is 4.67. The maximum absolute atomic E-state index is 5.82. The van der Waals surface area contributed by atoms with Crippen molar-refractivity contribution in [2.75, 3.05) is 0 Å². The molecular formula is C10H14N2. The zero-order valence-corrected chi connectivity index (χ0v) is 7.11. The first-order valence-electron chi connectivity index (χ1n) is 4.08. The van der Waals surface area contributed by atoms with Crippen molar-refractivity contribution < 1.29 is 0 Å². The highest BCUT2D eigenvalue weighted by Crippen LogP contribution is 2.02. The van der Waals surface area contributed by atoms with Crippen LogP contribution in [0.2, 0.25) is 0 Å². The van der Waals surface area contributed by atoms with Gasteiger partial charge in [0.1, 0.15) is 0 Å². The molecule has 2 nitrogen and oxygen atoms in total. The molecule has 64 valence electrons. The second-order valence-corrected chi connectivity index (χ2v) is 2.84. The summed E-state index contributed by atoms with van der Waals surface area (Å²) in [4.78, 5) is 3.94. The predicted octanol–water partition coefficient (Wildman–Crippen LogP) is 1.53. The minimum Gasteiger partial charge on any atom is -0.327 e. The molecular weight excluding hydrogens is 148 g/mol. The number of aromatic nitrogens is 1. The van der Waals surface area contributed by atoms with Gasteiger partial charge in [0.2, 0.25) is 0 Å². The fraction of sp³-hybridized carbons (Fsp3) is 0.300. The molecule has 0 fully saturated rings. The van der Waals surface area contributed by atoms with E-state index in [-0.39, 0.29) is 6.04 Å². The van der Waals surface area contributed by atoms with Gasteiger partial charge in [-0.1, -0.05) is 6.08 Å². The smallest absolute Gasteiger partial charge is 0.0270 e. The molecule has 0 aliphatic carbocycles. The van der Waals surface area contributed by atoms with Crippen LogP contribution in [0.3, 0.4) is 0 Å². The fourth-order valence-electron chi connectivity index (χ4n) is 1.12. The van der Waals surface area contributed by atoms with Crippen molar-refractivity contribution in [3.8, 4) is 0 Å². The molecule has 1 unspecified atom stereocenters. The molecule has 0 aromatic carbocycles. The van der Waals surface area contributed by atoms with Gasteiger partial charge in [0.05, 0.1) is 0 Å². The van der Waals surface area contributed by atoms with Gasteiger partial charge < -0.3 is 5.73 Å². The number of nitrogens with two attached hydrogens (primary N) is 1. The third-order valence-corrected chi connectivity index (χ3v) is 1.72. The monoisotopic (exact) mass is 162 g/mol. The normalized spacial score (nSPS) is 12.4. The molecule has 0 saturated carbocycles. The van der Waals surface area contributed by atoms with Gasteiger partial charge in [0.15, 0.2) is 0 Å². The highest BCUT2D eigenvalue weighted by atomic mass is 14.6. The summed E-state index contributed by atoms with van der Waals surface area (Å²) in [6.45, 7) is 3.65. The summed E-state index contributed by atoms with van der Waals surface area (Å²) in [6.07, 6.45) is 7.19. The Morgan fingerprint density at radius 1 is 1.50 bits per heavy atom. The van der Waals surface area contributed by atoms with Gasteiger partial charge in [-0.2, -0.15) is 0 Å². The van der Waals surface area contributed by atoms with Crippen molar-refractivity contribution in [1.29, 1.82) is 0 Å². The Morgan fingerprint density at radius 2 is 2.17 bits per heavy atom. The molecule has 1 aromatic heterocycles. The summed E-state index contributed by atoms with van der Waals surface area (Å²) in [5.41, 5.74) is 7.06. The first kappa shape index (κ1) is 8.94. The molecule has 1 rings (SSSR count). The van der Waals surface area contributed by atoms with Gasteiger partial charge in [-0.25, -0.2) is 0 Å². The molecule has 1 aromatic rings. The highest BCUT2D eigenvalue weighted by molar-refractivity contribution is 5.11. The van der Waals surface area contributed by atoms with Crippen molar-refractivity contribution in [2.45, 2.75) is 18.9 Å². The minimum atomic E-state index is 0.185. The maximum Gasteiger partial charge on any atom is 0.0270 e. The second-order valence-electron chi connectivity index (χ2n) is 2.84. The van der Waals surface area contributed by atoms with Crippen LogP contribution in [-0.4, -0.2) is 11.0 Å². The summed E-state index contributed by atoms with van der Waals surface area (Å²) < 4.78 is 0. The van der Waals surface area contributed by atoms with Crippen LogP contribution in [0.1, 0.15) is 12.0 Å². The molecule has 2 heteroatoms. The van der Waals surface area contributed by atoms with Crippen LogP contribution in [0.25, 0.3) is 0 Å². The molecule has 0 aliphatic heterocycles. The number of nitrogens with zero attached hydrogens (tertiary/aromatic N) is 1. The Morgan fingerprint density at radius 3 is 2.75 bits per heavy atom. The highest BCUT2D eigenvalue weighted by Gasteiger charge is 2.00. The minimum absolute atomic E-state index is 0.185. The van der Waals surface area contributed by atoms with Crippen LogP contribution in [0, 0.1) is 0 Å². The Bertz CT molecular complexity index is 231. The third-order valence-electron chi connectivity index (χ3n) is 1.72. The number of pyridine rings is 1. The summed E-state index contributed by atoms with van der Waals surface area (Å²) >= 11 is 0. The Balaban J connectivity index is 2.46. The van der Waals surface area contributed by atoms with E-state index in [2.05, 4.69) is 11.6 Å². The Kier molecular flexibility index (Phi) is 3.48. The molecule has 0 spiro atoms. The number of hydrogen-bond acceptors (Lipinski definition) is 2. The lowest BCUT2D eigenvalue weighted by atomic mass is 10.1. The van der Waals surface area contributed by atoms with Crippen LogP contribution in [0.4, 0.5) is 0 Å². The van der Waals surface area contributed by atoms with Gasteiger partial charge in [0, 0.05) is 18.4 Å². The average molecular weight is 162 g/mol. The summed E-state index contributed by atoms with van der Waals surface area (Å²) in [7, 11) is 0. The van der Waals surface area contributed by atoms with E-state index in [1.807, 2.05) is 18.2 Å². The van der Waals surface area contributed by atoms with E-state index in [9.17, 15) is 0 Å². The van der Waals surface area contributed by atoms with Gasteiger partial charge >= 0.3 is 0 Å². The molecule has 2 N–H and O–H groups in total. The van der Waals surface area contributed by atoms with E-state index in [0.717, 1.165) is 12.8 Å². The van der Waals surface area contributed by atoms with Crippen LogP contribution >= 0.6 is 0 Å². The lowest BCUT2D eigenvalue weighted by molar-refractivity contribution is 0.679. The van der Waals surface area contributed by atoms with Gasteiger partial charge in [-0.05, 0) is 30.5 Å². The first-order valence-corrected chi connectivity index (χ1v) is 4.08. The van der Waals surface area contributed by atoms with E-state index in [1.165, 1.54) is 5.56 Å². The maximum atomic E-state index is 5.82. The van der Waals surface area contributed by atoms with Crippen LogP contribution in [-0.2, 0) is 6.42 Å². The molecule has 0 aliphatic rings. The predicted molar refractivity (Wildman–Crippen MR) is 50.7 cm³/mol.